The topological polar surface area (TPSA) is 86.8 Å². The monoisotopic (exact) mass is 846 g/mol. The predicted octanol–water partition coefficient (Wildman–Crippen LogP) is 15.3. The molecule has 4 amide bonds. The molecule has 63 heavy (non-hydrogen) atoms. The van der Waals surface area contributed by atoms with Gasteiger partial charge in [-0.1, -0.05) is 167 Å². The maximum Gasteiger partial charge on any atom is 0.261 e. The fourth-order valence-electron chi connectivity index (χ4n) is 10.9. The molecule has 2 aliphatic rings. The lowest BCUT2D eigenvalue weighted by Gasteiger charge is -2.36. The number of hydrogen-bond donors (Lipinski definition) is 1. The van der Waals surface area contributed by atoms with Crippen LogP contribution in [0.4, 0.5) is 11.4 Å². The van der Waals surface area contributed by atoms with Gasteiger partial charge in [0.2, 0.25) is 0 Å². The fourth-order valence-corrected chi connectivity index (χ4v) is 10.9. The summed E-state index contributed by atoms with van der Waals surface area (Å²) in [5.41, 5.74) is 3.85. The number of para-hydroxylation sites is 1. The van der Waals surface area contributed by atoms with Gasteiger partial charge in [0.15, 0.2) is 0 Å². The zero-order valence-electron chi connectivity index (χ0n) is 38.3. The van der Waals surface area contributed by atoms with Crippen molar-refractivity contribution in [3.05, 3.63) is 95.1 Å². The predicted molar refractivity (Wildman–Crippen MR) is 261 cm³/mol. The van der Waals surface area contributed by atoms with Crippen molar-refractivity contribution in [2.24, 2.45) is 0 Å². The number of nitrogens with one attached hydrogen (secondary N) is 1. The molecule has 0 fully saturated rings. The molecule has 0 unspecified atom stereocenters. The van der Waals surface area contributed by atoms with Gasteiger partial charge in [0.25, 0.3) is 23.6 Å². The average Bonchev–Trinajstić information content (AvgIpc) is 3.30. The van der Waals surface area contributed by atoms with Crippen LogP contribution in [0.1, 0.15) is 198 Å². The van der Waals surface area contributed by atoms with Gasteiger partial charge in [0, 0.05) is 61.7 Å². The molecule has 8 rings (SSSR count). The first kappa shape index (κ1) is 44.3. The van der Waals surface area contributed by atoms with Crippen LogP contribution in [0.15, 0.2) is 72.8 Å². The van der Waals surface area contributed by atoms with Gasteiger partial charge in [0.05, 0.1) is 5.56 Å². The highest BCUT2D eigenvalue weighted by Gasteiger charge is 2.41. The lowest BCUT2D eigenvalue weighted by Crippen LogP contribution is -2.47. The first-order valence-electron chi connectivity index (χ1n) is 24.7. The molecular formula is C56H67N3O4. The molecule has 6 aromatic rings. The van der Waals surface area contributed by atoms with Crippen LogP contribution in [0.25, 0.3) is 43.1 Å². The molecule has 7 heteroatoms. The summed E-state index contributed by atoms with van der Waals surface area (Å²) >= 11 is 0. The maximum atomic E-state index is 15.1. The molecule has 0 saturated heterocycles. The maximum absolute atomic E-state index is 15.1. The van der Waals surface area contributed by atoms with E-state index < -0.39 is 0 Å². The Labute approximate surface area is 374 Å². The van der Waals surface area contributed by atoms with Crippen molar-refractivity contribution >= 4 is 78.1 Å². The largest absolute Gasteiger partial charge is 0.355 e. The standard InChI is InChI=1S/C56H67N3O4/c1-5-9-13-20-26-38(27-21-14-10-6-2)58-53(60)43-33-30-40-41-31-34-45-50-46(56(63)59(55(45)62)39(28-22-15-11-7-3)29-23-16-12-8-4)36-47(57-37-24-18-17-19-25-37)51(52(41)50)42-32-35-44(54(58)61)49(43)48(40)42/h17-19,24-25,30-36,38-39,57H,5-16,20-23,26-29H2,1-4H3. The Morgan fingerprint density at radius 2 is 0.794 bits per heavy atom. The van der Waals surface area contributed by atoms with Gasteiger partial charge < -0.3 is 5.32 Å². The Morgan fingerprint density at radius 1 is 0.397 bits per heavy atom. The second kappa shape index (κ2) is 20.0. The van der Waals surface area contributed by atoms with Crippen molar-refractivity contribution < 1.29 is 19.2 Å². The molecule has 0 atom stereocenters. The zero-order valence-corrected chi connectivity index (χ0v) is 38.3. The molecule has 2 heterocycles. The van der Waals surface area contributed by atoms with Crippen LogP contribution in [0.5, 0.6) is 0 Å². The minimum atomic E-state index is -0.227. The van der Waals surface area contributed by atoms with Crippen LogP contribution in [-0.4, -0.2) is 45.5 Å². The Hall–Kier alpha value is -5.30. The van der Waals surface area contributed by atoms with Gasteiger partial charge in [-0.15, -0.1) is 0 Å². The summed E-state index contributed by atoms with van der Waals surface area (Å²) < 4.78 is 0. The number of amides is 4. The molecule has 0 bridgehead atoms. The van der Waals surface area contributed by atoms with E-state index in [2.05, 4.69) is 33.0 Å². The normalized spacial score (nSPS) is 14.1. The van der Waals surface area contributed by atoms with E-state index in [1.54, 1.807) is 9.80 Å². The van der Waals surface area contributed by atoms with E-state index in [0.717, 1.165) is 172 Å². The molecule has 330 valence electrons. The van der Waals surface area contributed by atoms with E-state index in [9.17, 15) is 14.4 Å². The number of unbranched alkanes of at least 4 members (excludes halogenated alkanes) is 12. The number of nitrogens with zero attached hydrogens (tertiary/aromatic N) is 2. The van der Waals surface area contributed by atoms with Crippen LogP contribution in [0.3, 0.4) is 0 Å². The third-order valence-corrected chi connectivity index (χ3v) is 14.1. The van der Waals surface area contributed by atoms with Crippen LogP contribution in [-0.2, 0) is 0 Å². The molecule has 0 radical (unpaired) electrons. The minimum Gasteiger partial charge on any atom is -0.355 e. The van der Waals surface area contributed by atoms with Gasteiger partial charge >= 0.3 is 0 Å². The molecular weight excluding hydrogens is 779 g/mol. The number of fused-ring (bicyclic) bond motifs is 2. The van der Waals surface area contributed by atoms with Crippen molar-refractivity contribution in [3.63, 3.8) is 0 Å². The Morgan fingerprint density at radius 3 is 1.24 bits per heavy atom. The highest BCUT2D eigenvalue weighted by atomic mass is 16.2. The lowest BCUT2D eigenvalue weighted by molar-refractivity contribution is 0.0501. The summed E-state index contributed by atoms with van der Waals surface area (Å²) in [5.74, 6) is -0.854. The molecule has 2 aliphatic heterocycles. The fraction of sp³-hybridized carbons (Fsp3) is 0.464. The molecule has 0 aliphatic carbocycles. The van der Waals surface area contributed by atoms with Crippen molar-refractivity contribution in [3.8, 4) is 0 Å². The highest BCUT2D eigenvalue weighted by molar-refractivity contribution is 6.43. The van der Waals surface area contributed by atoms with E-state index in [1.165, 1.54) is 0 Å². The van der Waals surface area contributed by atoms with Crippen LogP contribution in [0, 0.1) is 0 Å². The second-order valence-corrected chi connectivity index (χ2v) is 18.5. The number of benzene rings is 6. The summed E-state index contributed by atoms with van der Waals surface area (Å²) in [6, 6.07) is 23.5. The molecule has 7 nitrogen and oxygen atoms in total. The quantitative estimate of drug-likeness (QED) is 0.0284. The van der Waals surface area contributed by atoms with Crippen molar-refractivity contribution in [2.45, 2.75) is 168 Å². The van der Waals surface area contributed by atoms with Crippen molar-refractivity contribution in [2.75, 3.05) is 5.32 Å². The van der Waals surface area contributed by atoms with Crippen molar-refractivity contribution in [1.82, 2.24) is 9.80 Å². The first-order valence-corrected chi connectivity index (χ1v) is 24.7. The van der Waals surface area contributed by atoms with Gasteiger partial charge in [-0.2, -0.15) is 0 Å². The second-order valence-electron chi connectivity index (χ2n) is 18.5. The third-order valence-electron chi connectivity index (χ3n) is 14.1. The van der Waals surface area contributed by atoms with Crippen molar-refractivity contribution in [1.29, 1.82) is 0 Å². The van der Waals surface area contributed by atoms with E-state index in [0.29, 0.717) is 33.0 Å². The smallest absolute Gasteiger partial charge is 0.261 e. The summed E-state index contributed by atoms with van der Waals surface area (Å²) in [6.45, 7) is 8.82. The number of carbonyl (C=O) groups excluding carboxylic acids is 4. The van der Waals surface area contributed by atoms with E-state index in [1.807, 2.05) is 72.8 Å². The van der Waals surface area contributed by atoms with Gasteiger partial charge in [0.1, 0.15) is 0 Å². The molecule has 0 spiro atoms. The first-order chi connectivity index (χ1) is 30.8. The van der Waals surface area contributed by atoms with Crippen LogP contribution >= 0.6 is 0 Å². The van der Waals surface area contributed by atoms with E-state index in [4.69, 9.17) is 0 Å². The number of anilines is 2. The average molecular weight is 846 g/mol. The Balaban J connectivity index is 1.29. The summed E-state index contributed by atoms with van der Waals surface area (Å²) in [6.07, 6.45) is 20.7. The van der Waals surface area contributed by atoms with Gasteiger partial charge in [-0.3, -0.25) is 29.0 Å². The molecule has 0 saturated carbocycles. The summed E-state index contributed by atoms with van der Waals surface area (Å²) in [7, 11) is 0. The SMILES string of the molecule is CCCCCCC(CCCCCC)N1C(=O)c2ccc3c4ccc5c6c(cc(Nc7ccccc7)c(c7ccc(c2c37)C1=O)c64)C(=O)N(C(CCCCCC)CCCCCC)C5=O. The number of rotatable bonds is 24. The number of imide groups is 2. The minimum absolute atomic E-state index is 0.144. The lowest BCUT2D eigenvalue weighted by atomic mass is 9.81. The molecule has 6 aromatic carbocycles. The van der Waals surface area contributed by atoms with Crippen LogP contribution in [0.2, 0.25) is 0 Å². The summed E-state index contributed by atoms with van der Waals surface area (Å²) in [4.78, 5) is 62.8. The molecule has 0 aromatic heterocycles. The number of hydrogen-bond acceptors (Lipinski definition) is 5. The zero-order chi connectivity index (χ0) is 44.0. The Kier molecular flexibility index (Phi) is 14.1. The van der Waals surface area contributed by atoms with Gasteiger partial charge in [-0.05, 0) is 83.6 Å². The third kappa shape index (κ3) is 8.45. The van der Waals surface area contributed by atoms with E-state index >= 15 is 4.79 Å². The van der Waals surface area contributed by atoms with Crippen LogP contribution < -0.4 is 5.32 Å². The number of carbonyl (C=O) groups is 4. The van der Waals surface area contributed by atoms with Gasteiger partial charge in [-0.25, -0.2) is 0 Å². The van der Waals surface area contributed by atoms with E-state index in [-0.39, 0.29) is 35.7 Å². The highest BCUT2D eigenvalue weighted by Crippen LogP contribution is 2.50. The Bertz CT molecular complexity index is 2570. The molecule has 1 N–H and O–H groups in total. The summed E-state index contributed by atoms with van der Waals surface area (Å²) in [5, 5.41) is 10.4.